The number of pyridine rings is 1. The van der Waals surface area contributed by atoms with Gasteiger partial charge in [-0.15, -0.1) is 0 Å². The van der Waals surface area contributed by atoms with Gasteiger partial charge in [-0.3, -0.25) is 9.78 Å². The summed E-state index contributed by atoms with van der Waals surface area (Å²) in [5.41, 5.74) is 0.960. The second-order valence-electron chi connectivity index (χ2n) is 7.60. The van der Waals surface area contributed by atoms with Crippen molar-refractivity contribution in [3.8, 4) is 0 Å². The quantitative estimate of drug-likeness (QED) is 0.840. The third-order valence-corrected chi connectivity index (χ3v) is 4.98. The van der Waals surface area contributed by atoms with Gasteiger partial charge in [-0.2, -0.15) is 5.10 Å². The minimum Gasteiger partial charge on any atom is -0.330 e. The van der Waals surface area contributed by atoms with E-state index in [0.717, 1.165) is 30.2 Å². The largest absolute Gasteiger partial charge is 0.330 e. The Morgan fingerprint density at radius 1 is 1.32 bits per heavy atom. The first-order valence-electron chi connectivity index (χ1n) is 9.25. The van der Waals surface area contributed by atoms with Crippen LogP contribution in [0.15, 0.2) is 24.5 Å². The van der Waals surface area contributed by atoms with Gasteiger partial charge >= 0.3 is 0 Å². The van der Waals surface area contributed by atoms with E-state index in [9.17, 15) is 4.79 Å². The van der Waals surface area contributed by atoms with Gasteiger partial charge in [-0.05, 0) is 36.8 Å². The van der Waals surface area contributed by atoms with E-state index in [2.05, 4.69) is 18.8 Å². The lowest BCUT2D eigenvalue weighted by atomic mass is 9.99. The van der Waals surface area contributed by atoms with Crippen LogP contribution in [0.25, 0.3) is 0 Å². The van der Waals surface area contributed by atoms with Crippen LogP contribution in [-0.2, 0) is 17.8 Å². The SMILES string of the molecule is CC(C)C[C@H]1c2nc(C3CC3)nn2CCN1C(=O)Cc1cccnc1. The van der Waals surface area contributed by atoms with Crippen LogP contribution in [0, 0.1) is 5.92 Å². The van der Waals surface area contributed by atoms with Gasteiger partial charge in [0.25, 0.3) is 0 Å². The van der Waals surface area contributed by atoms with E-state index in [-0.39, 0.29) is 11.9 Å². The van der Waals surface area contributed by atoms with Crippen LogP contribution in [0.5, 0.6) is 0 Å². The van der Waals surface area contributed by atoms with Gasteiger partial charge in [0.1, 0.15) is 5.82 Å². The van der Waals surface area contributed by atoms with Crippen molar-refractivity contribution in [2.45, 2.75) is 58.0 Å². The minimum absolute atomic E-state index is 0.0259. The topological polar surface area (TPSA) is 63.9 Å². The third kappa shape index (κ3) is 3.43. The molecule has 0 N–H and O–H groups in total. The number of aromatic nitrogens is 4. The molecule has 3 heterocycles. The van der Waals surface area contributed by atoms with Gasteiger partial charge in [0, 0.05) is 24.9 Å². The Morgan fingerprint density at radius 3 is 2.84 bits per heavy atom. The number of nitrogens with zero attached hydrogens (tertiary/aromatic N) is 5. The molecule has 0 bridgehead atoms. The molecule has 0 radical (unpaired) electrons. The molecule has 1 atom stereocenters. The highest BCUT2D eigenvalue weighted by molar-refractivity contribution is 5.79. The maximum Gasteiger partial charge on any atom is 0.227 e. The summed E-state index contributed by atoms with van der Waals surface area (Å²) in [5.74, 6) is 3.14. The molecule has 0 saturated heterocycles. The van der Waals surface area contributed by atoms with E-state index >= 15 is 0 Å². The Hall–Kier alpha value is -2.24. The molecule has 1 saturated carbocycles. The van der Waals surface area contributed by atoms with Crippen LogP contribution in [0.4, 0.5) is 0 Å². The normalized spacial score (nSPS) is 20.0. The zero-order chi connectivity index (χ0) is 17.4. The summed E-state index contributed by atoms with van der Waals surface area (Å²) in [6.07, 6.45) is 7.21. The first-order valence-corrected chi connectivity index (χ1v) is 9.25. The lowest BCUT2D eigenvalue weighted by molar-refractivity contribution is -0.134. The van der Waals surface area contributed by atoms with Gasteiger partial charge in [0.2, 0.25) is 5.91 Å². The number of hydrogen-bond donors (Lipinski definition) is 0. The van der Waals surface area contributed by atoms with Crippen LogP contribution in [0.2, 0.25) is 0 Å². The molecule has 25 heavy (non-hydrogen) atoms. The standard InChI is InChI=1S/C19H25N5O/c1-13(2)10-16-19-21-18(15-5-6-15)22-24(19)9-8-23(16)17(25)11-14-4-3-7-20-12-14/h3-4,7,12-13,15-16H,5-6,8-11H2,1-2H3/t16-/m0/s1. The molecular weight excluding hydrogens is 314 g/mol. The van der Waals surface area contributed by atoms with E-state index in [1.807, 2.05) is 21.7 Å². The van der Waals surface area contributed by atoms with Crippen molar-refractivity contribution in [1.29, 1.82) is 0 Å². The molecule has 6 nitrogen and oxygen atoms in total. The van der Waals surface area contributed by atoms with Crippen LogP contribution in [0.3, 0.4) is 0 Å². The zero-order valence-electron chi connectivity index (χ0n) is 14.9. The fraction of sp³-hybridized carbons (Fsp3) is 0.579. The van der Waals surface area contributed by atoms with Crippen molar-refractivity contribution in [2.24, 2.45) is 5.92 Å². The van der Waals surface area contributed by atoms with E-state index in [4.69, 9.17) is 10.1 Å². The maximum atomic E-state index is 13.0. The second-order valence-corrected chi connectivity index (χ2v) is 7.60. The van der Waals surface area contributed by atoms with Gasteiger partial charge in [-0.25, -0.2) is 9.67 Å². The number of carbonyl (C=O) groups excluding carboxylic acids is 1. The van der Waals surface area contributed by atoms with Gasteiger partial charge in [0.15, 0.2) is 5.82 Å². The fourth-order valence-corrected chi connectivity index (χ4v) is 3.55. The molecule has 4 rings (SSSR count). The number of hydrogen-bond acceptors (Lipinski definition) is 4. The zero-order valence-corrected chi connectivity index (χ0v) is 14.9. The first kappa shape index (κ1) is 16.2. The molecule has 1 aliphatic heterocycles. The van der Waals surface area contributed by atoms with E-state index < -0.39 is 0 Å². The second kappa shape index (κ2) is 6.58. The molecule has 2 aliphatic rings. The average Bonchev–Trinajstić information content (AvgIpc) is 3.34. The summed E-state index contributed by atoms with van der Waals surface area (Å²) in [6.45, 7) is 5.83. The summed E-state index contributed by atoms with van der Waals surface area (Å²) in [6, 6.07) is 3.86. The van der Waals surface area contributed by atoms with Crippen molar-refractivity contribution in [1.82, 2.24) is 24.6 Å². The number of carbonyl (C=O) groups is 1. The Labute approximate surface area is 148 Å². The average molecular weight is 339 g/mol. The van der Waals surface area contributed by atoms with E-state index in [1.165, 1.54) is 12.8 Å². The molecule has 2 aromatic rings. The number of amides is 1. The molecule has 0 unspecified atom stereocenters. The summed E-state index contributed by atoms with van der Waals surface area (Å²) in [4.78, 5) is 23.9. The summed E-state index contributed by atoms with van der Waals surface area (Å²) in [7, 11) is 0. The predicted molar refractivity (Wildman–Crippen MR) is 93.8 cm³/mol. The van der Waals surface area contributed by atoms with E-state index in [0.29, 0.717) is 24.8 Å². The Morgan fingerprint density at radius 2 is 2.16 bits per heavy atom. The smallest absolute Gasteiger partial charge is 0.227 e. The lowest BCUT2D eigenvalue weighted by Gasteiger charge is -2.36. The Bertz CT molecular complexity index is 750. The Balaban J connectivity index is 1.58. The monoisotopic (exact) mass is 339 g/mol. The molecule has 0 spiro atoms. The summed E-state index contributed by atoms with van der Waals surface area (Å²) in [5, 5.41) is 4.71. The van der Waals surface area contributed by atoms with Gasteiger partial charge in [-0.1, -0.05) is 19.9 Å². The first-order chi connectivity index (χ1) is 12.1. The van der Waals surface area contributed by atoms with E-state index in [1.54, 1.807) is 12.4 Å². The van der Waals surface area contributed by atoms with Crippen LogP contribution in [-0.4, -0.2) is 37.1 Å². The third-order valence-electron chi connectivity index (χ3n) is 4.98. The molecular formula is C19H25N5O. The summed E-state index contributed by atoms with van der Waals surface area (Å²) < 4.78 is 2.04. The molecule has 2 aromatic heterocycles. The predicted octanol–water partition coefficient (Wildman–Crippen LogP) is 2.72. The lowest BCUT2D eigenvalue weighted by Crippen LogP contribution is -2.43. The maximum absolute atomic E-state index is 13.0. The van der Waals surface area contributed by atoms with Crippen LogP contribution in [0.1, 0.15) is 62.3 Å². The molecule has 1 aliphatic carbocycles. The highest BCUT2D eigenvalue weighted by atomic mass is 16.2. The van der Waals surface area contributed by atoms with Crippen molar-refractivity contribution in [3.63, 3.8) is 0 Å². The molecule has 1 fully saturated rings. The fourth-order valence-electron chi connectivity index (χ4n) is 3.55. The van der Waals surface area contributed by atoms with Crippen LogP contribution < -0.4 is 0 Å². The molecule has 0 aromatic carbocycles. The highest BCUT2D eigenvalue weighted by Gasteiger charge is 2.36. The molecule has 132 valence electrons. The van der Waals surface area contributed by atoms with Crippen molar-refractivity contribution in [2.75, 3.05) is 6.54 Å². The number of fused-ring (bicyclic) bond motifs is 1. The summed E-state index contributed by atoms with van der Waals surface area (Å²) >= 11 is 0. The molecule has 6 heteroatoms. The van der Waals surface area contributed by atoms with Crippen molar-refractivity contribution in [3.05, 3.63) is 41.7 Å². The number of rotatable bonds is 5. The minimum atomic E-state index is 0.0259. The van der Waals surface area contributed by atoms with Gasteiger partial charge < -0.3 is 4.90 Å². The Kier molecular flexibility index (Phi) is 4.27. The van der Waals surface area contributed by atoms with Gasteiger partial charge in [0.05, 0.1) is 19.0 Å². The molecule has 1 amide bonds. The highest BCUT2D eigenvalue weighted by Crippen LogP contribution is 2.40. The van der Waals surface area contributed by atoms with Crippen molar-refractivity contribution >= 4 is 5.91 Å². The van der Waals surface area contributed by atoms with Crippen molar-refractivity contribution < 1.29 is 4.79 Å². The van der Waals surface area contributed by atoms with Crippen LogP contribution >= 0.6 is 0 Å².